The first-order valence-electron chi connectivity index (χ1n) is 43.8. The van der Waals surface area contributed by atoms with Gasteiger partial charge in [0.05, 0.1) is 26.4 Å². The Kier molecular flexibility index (Phi) is 72.5. The molecule has 3 N–H and O–H groups in total. The van der Waals surface area contributed by atoms with Crippen LogP contribution in [0.15, 0.2) is 0 Å². The van der Waals surface area contributed by atoms with Crippen LogP contribution < -0.4 is 0 Å². The third-order valence-corrected chi connectivity index (χ3v) is 22.8. The predicted octanol–water partition coefficient (Wildman–Crippen LogP) is 25.6. The summed E-state index contributed by atoms with van der Waals surface area (Å²) in [5, 5.41) is 10.7. The lowest BCUT2D eigenvalue weighted by atomic mass is 9.99. The molecule has 104 heavy (non-hydrogen) atoms. The number of hydrogen-bond acceptors (Lipinski definition) is 15. The minimum Gasteiger partial charge on any atom is -0.462 e. The van der Waals surface area contributed by atoms with E-state index in [2.05, 4.69) is 55.4 Å². The molecule has 0 rings (SSSR count). The van der Waals surface area contributed by atoms with Crippen molar-refractivity contribution in [2.45, 2.75) is 459 Å². The maximum absolute atomic E-state index is 13.1. The summed E-state index contributed by atoms with van der Waals surface area (Å²) in [5.74, 6) is 1.13. The van der Waals surface area contributed by atoms with Crippen LogP contribution in [0.4, 0.5) is 0 Å². The van der Waals surface area contributed by atoms with Crippen molar-refractivity contribution >= 4 is 39.5 Å². The van der Waals surface area contributed by atoms with Gasteiger partial charge in [-0.05, 0) is 49.4 Å². The third kappa shape index (κ3) is 74.2. The van der Waals surface area contributed by atoms with Crippen molar-refractivity contribution < 1.29 is 80.2 Å². The van der Waals surface area contributed by atoms with Gasteiger partial charge in [-0.15, -0.1) is 0 Å². The van der Waals surface area contributed by atoms with Crippen LogP contribution >= 0.6 is 15.6 Å². The largest absolute Gasteiger partial charge is 0.472 e. The Balaban J connectivity index is 5.25. The van der Waals surface area contributed by atoms with Crippen LogP contribution in [0.2, 0.25) is 0 Å². The van der Waals surface area contributed by atoms with Crippen LogP contribution in [-0.4, -0.2) is 96.7 Å². The molecule has 0 saturated heterocycles. The summed E-state index contributed by atoms with van der Waals surface area (Å²) in [6.45, 7) is 14.4. The van der Waals surface area contributed by atoms with Gasteiger partial charge < -0.3 is 33.8 Å². The lowest BCUT2D eigenvalue weighted by Crippen LogP contribution is -2.30. The van der Waals surface area contributed by atoms with Gasteiger partial charge in [-0.1, -0.05) is 389 Å². The lowest BCUT2D eigenvalue weighted by molar-refractivity contribution is -0.161. The number of unbranched alkanes of at least 4 members (excludes halogenated alkanes) is 45. The standard InChI is InChI=1S/C85H166O17P2/c1-9-76(6)62-54-46-38-30-24-20-16-14-12-13-15-17-21-26-33-43-51-59-67-84(89)101-80(71-95-82(87)65-57-49-41-32-25-22-18-19-23-29-37-45-53-61-75(4)5)73-99-103(91,92)97-69-79(86)70-98-104(93,94)100-74-81(72-96-83(88)66-58-50-42-36-35-40-48-56-64-78(8)11-3)102-85(90)68-60-52-44-34-28-27-31-39-47-55-63-77(7)10-2/h75-81,86H,9-74H2,1-8H3,(H,91,92)(H,93,94)/t76?,77?,78?,79-,80-,81-/m1/s1. The maximum atomic E-state index is 13.1. The van der Waals surface area contributed by atoms with E-state index in [0.29, 0.717) is 25.7 Å². The van der Waals surface area contributed by atoms with Gasteiger partial charge in [0, 0.05) is 25.7 Å². The Morgan fingerprint density at radius 3 is 0.683 bits per heavy atom. The number of hydrogen-bond donors (Lipinski definition) is 3. The number of ether oxygens (including phenoxy) is 4. The van der Waals surface area contributed by atoms with Gasteiger partial charge in [0.25, 0.3) is 0 Å². The van der Waals surface area contributed by atoms with Crippen LogP contribution in [0.5, 0.6) is 0 Å². The summed E-state index contributed by atoms with van der Waals surface area (Å²) >= 11 is 0. The maximum Gasteiger partial charge on any atom is 0.472 e. The minimum absolute atomic E-state index is 0.106. The van der Waals surface area contributed by atoms with E-state index in [1.807, 2.05) is 0 Å². The molecule has 0 aliphatic carbocycles. The van der Waals surface area contributed by atoms with E-state index >= 15 is 0 Å². The van der Waals surface area contributed by atoms with E-state index in [1.165, 1.54) is 244 Å². The molecule has 0 aliphatic rings. The van der Waals surface area contributed by atoms with Gasteiger partial charge in [0.1, 0.15) is 19.3 Å². The highest BCUT2D eigenvalue weighted by Gasteiger charge is 2.31. The van der Waals surface area contributed by atoms with Crippen molar-refractivity contribution in [2.75, 3.05) is 39.6 Å². The molecule has 0 aliphatic heterocycles. The van der Waals surface area contributed by atoms with E-state index in [1.54, 1.807) is 0 Å². The van der Waals surface area contributed by atoms with Crippen LogP contribution in [0.1, 0.15) is 441 Å². The summed E-state index contributed by atoms with van der Waals surface area (Å²) in [6, 6.07) is 0. The second kappa shape index (κ2) is 73.8. The van der Waals surface area contributed by atoms with Crippen molar-refractivity contribution in [2.24, 2.45) is 23.7 Å². The van der Waals surface area contributed by atoms with Crippen LogP contribution in [0, 0.1) is 23.7 Å². The fourth-order valence-electron chi connectivity index (χ4n) is 13.0. The Morgan fingerprint density at radius 1 is 0.269 bits per heavy atom. The minimum atomic E-state index is -4.97. The molecule has 0 radical (unpaired) electrons. The first-order chi connectivity index (χ1) is 50.2. The molecule has 0 bridgehead atoms. The van der Waals surface area contributed by atoms with Crippen molar-refractivity contribution in [3.8, 4) is 0 Å². The molecule has 0 amide bonds. The molecule has 0 aromatic carbocycles. The predicted molar refractivity (Wildman–Crippen MR) is 428 cm³/mol. The molecule has 0 spiro atoms. The van der Waals surface area contributed by atoms with E-state index in [0.717, 1.165) is 114 Å². The monoisotopic (exact) mass is 1520 g/mol. The number of carbonyl (C=O) groups excluding carboxylic acids is 4. The number of carbonyl (C=O) groups is 4. The Bertz CT molecular complexity index is 2030. The molecule has 0 saturated carbocycles. The number of aliphatic hydroxyl groups excluding tert-OH is 1. The second-order valence-electron chi connectivity index (χ2n) is 31.8. The summed E-state index contributed by atoms with van der Waals surface area (Å²) in [4.78, 5) is 73.2. The normalized spacial score (nSPS) is 14.7. The molecular formula is C85H166O17P2. The van der Waals surface area contributed by atoms with Crippen molar-refractivity contribution in [3.63, 3.8) is 0 Å². The zero-order chi connectivity index (χ0) is 76.7. The Hall–Kier alpha value is -1.94. The number of esters is 4. The molecule has 8 atom stereocenters. The molecule has 0 aromatic rings. The SMILES string of the molecule is CCC(C)CCCCCCCCCCCCCCCCCCCCC(=O)O[C@H](COC(=O)CCCCCCCCCCCCCCCC(C)C)COP(=O)(O)OC[C@@H](O)COP(=O)(O)OC[C@@H](COC(=O)CCCCCCCCCCC(C)CC)OC(=O)CCCCCCCCCCCCC(C)CC. The zero-order valence-corrected chi connectivity index (χ0v) is 70.5. The first-order valence-corrected chi connectivity index (χ1v) is 46.8. The topological polar surface area (TPSA) is 237 Å². The lowest BCUT2D eigenvalue weighted by Gasteiger charge is -2.21. The molecule has 618 valence electrons. The van der Waals surface area contributed by atoms with Crippen LogP contribution in [0.3, 0.4) is 0 Å². The average molecular weight is 1520 g/mol. The Labute approximate surface area is 638 Å². The quantitative estimate of drug-likeness (QED) is 0.0222. The van der Waals surface area contributed by atoms with Gasteiger partial charge in [-0.25, -0.2) is 9.13 Å². The number of phosphoric ester groups is 2. The molecule has 0 aromatic heterocycles. The van der Waals surface area contributed by atoms with E-state index in [9.17, 15) is 43.2 Å². The van der Waals surface area contributed by atoms with Gasteiger partial charge in [0.15, 0.2) is 12.2 Å². The molecule has 19 heteroatoms. The van der Waals surface area contributed by atoms with Crippen molar-refractivity contribution in [1.29, 1.82) is 0 Å². The highest BCUT2D eigenvalue weighted by Crippen LogP contribution is 2.45. The summed E-state index contributed by atoms with van der Waals surface area (Å²) in [5.41, 5.74) is 0. The van der Waals surface area contributed by atoms with E-state index in [-0.39, 0.29) is 25.7 Å². The highest BCUT2D eigenvalue weighted by molar-refractivity contribution is 7.47. The molecule has 5 unspecified atom stereocenters. The smallest absolute Gasteiger partial charge is 0.462 e. The van der Waals surface area contributed by atoms with Gasteiger partial charge in [-0.2, -0.15) is 0 Å². The van der Waals surface area contributed by atoms with Crippen LogP contribution in [-0.2, 0) is 65.4 Å². The van der Waals surface area contributed by atoms with Gasteiger partial charge in [0.2, 0.25) is 0 Å². The first kappa shape index (κ1) is 102. The van der Waals surface area contributed by atoms with E-state index < -0.39 is 97.5 Å². The fourth-order valence-corrected chi connectivity index (χ4v) is 14.6. The van der Waals surface area contributed by atoms with Gasteiger partial charge in [-0.3, -0.25) is 37.3 Å². The second-order valence-corrected chi connectivity index (χ2v) is 34.7. The molecule has 0 heterocycles. The van der Waals surface area contributed by atoms with E-state index in [4.69, 9.17) is 37.0 Å². The summed E-state index contributed by atoms with van der Waals surface area (Å²) in [7, 11) is -9.93. The molecule has 17 nitrogen and oxygen atoms in total. The fraction of sp³-hybridized carbons (Fsp3) is 0.953. The van der Waals surface area contributed by atoms with Crippen molar-refractivity contribution in [1.82, 2.24) is 0 Å². The van der Waals surface area contributed by atoms with Crippen LogP contribution in [0.25, 0.3) is 0 Å². The summed E-state index contributed by atoms with van der Waals surface area (Å²) < 4.78 is 68.9. The number of phosphoric acid groups is 2. The molecule has 0 fully saturated rings. The highest BCUT2D eigenvalue weighted by atomic mass is 31.2. The zero-order valence-electron chi connectivity index (χ0n) is 68.7. The number of aliphatic hydroxyl groups is 1. The number of rotatable bonds is 82. The Morgan fingerprint density at radius 2 is 0.462 bits per heavy atom. The third-order valence-electron chi connectivity index (χ3n) is 20.9. The average Bonchev–Trinajstić information content (AvgIpc) is 0.908. The van der Waals surface area contributed by atoms with Gasteiger partial charge >= 0.3 is 39.5 Å². The van der Waals surface area contributed by atoms with Crippen molar-refractivity contribution in [3.05, 3.63) is 0 Å². The summed E-state index contributed by atoms with van der Waals surface area (Å²) in [6.07, 6.45) is 62.3. The molecular weight excluding hydrogens is 1350 g/mol.